The molecule has 1 aliphatic heterocycles. The molecule has 0 unspecified atom stereocenters. The molecule has 1 aromatic heterocycles. The third-order valence-corrected chi connectivity index (χ3v) is 8.41. The van der Waals surface area contributed by atoms with Gasteiger partial charge in [-0.2, -0.15) is 0 Å². The van der Waals surface area contributed by atoms with Gasteiger partial charge in [-0.25, -0.2) is 9.59 Å². The number of likely N-dealkylation sites (tertiary alicyclic amines) is 1. The van der Waals surface area contributed by atoms with Crippen LogP contribution in [0.15, 0.2) is 42.6 Å². The zero-order valence-electron chi connectivity index (χ0n) is 29.4. The van der Waals surface area contributed by atoms with Gasteiger partial charge in [0.1, 0.15) is 17.1 Å². The number of aromatic nitrogens is 1. The van der Waals surface area contributed by atoms with E-state index in [1.54, 1.807) is 23.8 Å². The molecule has 8 heteroatoms. The molecule has 0 N–H and O–H groups in total. The molecule has 8 nitrogen and oxygen atoms in total. The van der Waals surface area contributed by atoms with Crippen molar-refractivity contribution in [1.82, 2.24) is 9.47 Å². The van der Waals surface area contributed by atoms with Crippen LogP contribution in [0.4, 0.5) is 4.79 Å². The summed E-state index contributed by atoms with van der Waals surface area (Å²) in [5.41, 5.74) is 2.97. The van der Waals surface area contributed by atoms with Gasteiger partial charge in [-0.05, 0) is 102 Å². The smallest absolute Gasteiger partial charge is 0.419 e. The lowest BCUT2D eigenvalue weighted by atomic mass is 9.90. The number of fused-ring (bicyclic) bond motifs is 1. The minimum absolute atomic E-state index is 0.346. The number of ether oxygens (including phenoxy) is 4. The van der Waals surface area contributed by atoms with Gasteiger partial charge in [0.25, 0.3) is 0 Å². The summed E-state index contributed by atoms with van der Waals surface area (Å²) in [5.74, 6) is 2.02. The van der Waals surface area contributed by atoms with Gasteiger partial charge in [0, 0.05) is 23.7 Å². The molecule has 1 fully saturated rings. The highest BCUT2D eigenvalue weighted by atomic mass is 16.6. The van der Waals surface area contributed by atoms with Gasteiger partial charge in [0.2, 0.25) is 0 Å². The van der Waals surface area contributed by atoms with Crippen LogP contribution < -0.4 is 9.47 Å². The molecule has 0 bridgehead atoms. The lowest BCUT2D eigenvalue weighted by molar-refractivity contribution is 0.0542. The van der Waals surface area contributed by atoms with Gasteiger partial charge in [0.15, 0.2) is 0 Å². The number of esters is 1. The summed E-state index contributed by atoms with van der Waals surface area (Å²) in [7, 11) is 3.11. The van der Waals surface area contributed by atoms with Gasteiger partial charge in [-0.15, -0.1) is 0 Å². The lowest BCUT2D eigenvalue weighted by Gasteiger charge is -2.32. The van der Waals surface area contributed by atoms with Crippen molar-refractivity contribution in [2.75, 3.05) is 33.9 Å². The van der Waals surface area contributed by atoms with Crippen molar-refractivity contribution in [2.45, 2.75) is 105 Å². The maximum atomic E-state index is 12.9. The molecule has 4 rings (SSSR count). The average Bonchev–Trinajstić information content (AvgIpc) is 3.50. The summed E-state index contributed by atoms with van der Waals surface area (Å²) in [5, 5.41) is 1.05. The summed E-state index contributed by atoms with van der Waals surface area (Å²) in [6.45, 7) is 15.3. The van der Waals surface area contributed by atoms with Crippen LogP contribution in [-0.2, 0) is 16.0 Å². The number of benzene rings is 2. The fraction of sp³-hybridized carbons (Fsp3) is 0.579. The van der Waals surface area contributed by atoms with Crippen LogP contribution in [-0.4, -0.2) is 61.0 Å². The Labute approximate surface area is 276 Å². The lowest BCUT2D eigenvalue weighted by Crippen LogP contribution is -2.33. The van der Waals surface area contributed by atoms with E-state index in [9.17, 15) is 9.59 Å². The number of methoxy groups -OCH3 is 2. The molecule has 2 heterocycles. The molecule has 3 aromatic rings. The standard InChI is InChI=1S/C36H50N2O6.C2H6/c1-26-23-32(41-5)31(30-18-21-38(33(26)30)35(40)44-36(2,3)4)25-37-19-16-27(17-20-37)13-10-8-7-9-11-22-43-29-15-12-14-28(24-29)34(39)42-6;1-2/h12,14-15,18,21,23-24,27H,7-11,13,16-17,19-20,22,25H2,1-6H3;1-2H3. The second-order valence-corrected chi connectivity index (χ2v) is 12.9. The Bertz CT molecular complexity index is 1400. The predicted octanol–water partition coefficient (Wildman–Crippen LogP) is 9.19. The molecule has 0 amide bonds. The van der Waals surface area contributed by atoms with Crippen molar-refractivity contribution >= 4 is 23.0 Å². The first-order chi connectivity index (χ1) is 22.1. The fourth-order valence-electron chi connectivity index (χ4n) is 6.11. The van der Waals surface area contributed by atoms with Gasteiger partial charge in [-0.3, -0.25) is 9.47 Å². The van der Waals surface area contributed by atoms with Crippen molar-refractivity contribution in [1.29, 1.82) is 0 Å². The highest BCUT2D eigenvalue weighted by molar-refractivity contribution is 5.95. The molecule has 254 valence electrons. The van der Waals surface area contributed by atoms with E-state index in [-0.39, 0.29) is 12.1 Å². The van der Waals surface area contributed by atoms with Crippen molar-refractivity contribution in [3.05, 3.63) is 59.3 Å². The number of unbranched alkanes of at least 4 members (excludes halogenated alkanes) is 4. The topological polar surface area (TPSA) is 79.2 Å². The van der Waals surface area contributed by atoms with Crippen molar-refractivity contribution in [3.63, 3.8) is 0 Å². The van der Waals surface area contributed by atoms with E-state index in [0.717, 1.165) is 66.2 Å². The van der Waals surface area contributed by atoms with E-state index >= 15 is 0 Å². The van der Waals surface area contributed by atoms with Crippen LogP contribution in [0.1, 0.15) is 107 Å². The SMILES string of the molecule is CC.COC(=O)c1cccc(OCCCCCCCC2CCN(Cc3c(OC)cc(C)c4c3ccn4C(=O)OC(C)(C)C)CC2)c1. The Morgan fingerprint density at radius 2 is 1.63 bits per heavy atom. The van der Waals surface area contributed by atoms with Crippen molar-refractivity contribution in [3.8, 4) is 11.5 Å². The first-order valence-corrected chi connectivity index (χ1v) is 17.0. The maximum Gasteiger partial charge on any atom is 0.419 e. The van der Waals surface area contributed by atoms with E-state index in [0.29, 0.717) is 17.9 Å². The minimum Gasteiger partial charge on any atom is -0.496 e. The fourth-order valence-corrected chi connectivity index (χ4v) is 6.11. The zero-order chi connectivity index (χ0) is 33.7. The third-order valence-electron chi connectivity index (χ3n) is 8.41. The van der Waals surface area contributed by atoms with Gasteiger partial charge in [-0.1, -0.05) is 52.0 Å². The van der Waals surface area contributed by atoms with Crippen molar-refractivity contribution in [2.24, 2.45) is 5.92 Å². The summed E-state index contributed by atoms with van der Waals surface area (Å²) < 4.78 is 23.7. The van der Waals surface area contributed by atoms with Crippen LogP contribution in [0, 0.1) is 12.8 Å². The Morgan fingerprint density at radius 3 is 2.30 bits per heavy atom. The van der Waals surface area contributed by atoms with Gasteiger partial charge >= 0.3 is 12.1 Å². The van der Waals surface area contributed by atoms with E-state index < -0.39 is 5.60 Å². The number of rotatable bonds is 13. The highest BCUT2D eigenvalue weighted by Gasteiger charge is 2.25. The molecule has 0 saturated carbocycles. The molecule has 0 aliphatic carbocycles. The predicted molar refractivity (Wildman–Crippen MR) is 185 cm³/mol. The molecule has 0 spiro atoms. The third kappa shape index (κ3) is 10.5. The normalized spacial score (nSPS) is 14.0. The average molecular weight is 637 g/mol. The first-order valence-electron chi connectivity index (χ1n) is 17.0. The van der Waals surface area contributed by atoms with E-state index in [1.807, 2.05) is 72.0 Å². The number of hydrogen-bond donors (Lipinski definition) is 0. The number of hydrogen-bond acceptors (Lipinski definition) is 7. The number of carbonyl (C=O) groups excluding carboxylic acids is 2. The quantitative estimate of drug-likeness (QED) is 0.137. The summed E-state index contributed by atoms with van der Waals surface area (Å²) in [4.78, 5) is 27.1. The molecule has 1 aliphatic rings. The summed E-state index contributed by atoms with van der Waals surface area (Å²) in [6.07, 6.45) is 11.1. The molecule has 0 radical (unpaired) electrons. The largest absolute Gasteiger partial charge is 0.496 e. The molecule has 1 saturated heterocycles. The second-order valence-electron chi connectivity index (χ2n) is 12.9. The van der Waals surface area contributed by atoms with Crippen LogP contribution in [0.25, 0.3) is 10.9 Å². The molecular formula is C38H56N2O6. The monoisotopic (exact) mass is 636 g/mol. The van der Waals surface area contributed by atoms with Gasteiger partial charge < -0.3 is 18.9 Å². The van der Waals surface area contributed by atoms with Crippen molar-refractivity contribution < 1.29 is 28.5 Å². The summed E-state index contributed by atoms with van der Waals surface area (Å²) >= 11 is 0. The number of carbonyl (C=O) groups is 2. The van der Waals surface area contributed by atoms with Crippen LogP contribution >= 0.6 is 0 Å². The second kappa shape index (κ2) is 18.0. The molecule has 46 heavy (non-hydrogen) atoms. The van der Waals surface area contributed by atoms with E-state index in [1.165, 1.54) is 45.6 Å². The van der Waals surface area contributed by atoms with Crippen LogP contribution in [0.3, 0.4) is 0 Å². The van der Waals surface area contributed by atoms with Gasteiger partial charge in [0.05, 0.1) is 31.9 Å². The molecule has 0 atom stereocenters. The summed E-state index contributed by atoms with van der Waals surface area (Å²) in [6, 6.07) is 11.2. The highest BCUT2D eigenvalue weighted by Crippen LogP contribution is 2.35. The maximum absolute atomic E-state index is 12.9. The molecule has 2 aromatic carbocycles. The van der Waals surface area contributed by atoms with E-state index in [4.69, 9.17) is 18.9 Å². The number of nitrogens with zero attached hydrogens (tertiary/aromatic N) is 2. The first kappa shape index (κ1) is 36.9. The number of piperidine rings is 1. The Kier molecular flexibility index (Phi) is 14.4. The Hall–Kier alpha value is -3.52. The Balaban J connectivity index is 0.00000282. The number of aryl methyl sites for hydroxylation is 1. The minimum atomic E-state index is -0.557. The molecular weight excluding hydrogens is 580 g/mol. The van der Waals surface area contributed by atoms with Crippen LogP contribution in [0.5, 0.6) is 11.5 Å². The van der Waals surface area contributed by atoms with E-state index in [2.05, 4.69) is 4.90 Å². The van der Waals surface area contributed by atoms with Crippen LogP contribution in [0.2, 0.25) is 0 Å². The Morgan fingerprint density at radius 1 is 0.935 bits per heavy atom. The zero-order valence-corrected chi connectivity index (χ0v) is 29.4.